The van der Waals surface area contributed by atoms with Crippen molar-refractivity contribution in [2.75, 3.05) is 25.6 Å². The minimum atomic E-state index is -1.15. The number of rotatable bonds is 8. The first kappa shape index (κ1) is 17.3. The van der Waals surface area contributed by atoms with Crippen LogP contribution in [0.3, 0.4) is 0 Å². The fraction of sp³-hybridized carbons (Fsp3) is 0.429. The number of carboxylic acids is 1. The third-order valence-corrected chi connectivity index (χ3v) is 3.00. The molecule has 0 heterocycles. The summed E-state index contributed by atoms with van der Waals surface area (Å²) in [5.74, 6) is -1.23. The molecule has 0 aliphatic carbocycles. The Labute approximate surface area is 128 Å². The summed E-state index contributed by atoms with van der Waals surface area (Å²) in [5, 5.41) is 11.8. The maximum absolute atomic E-state index is 11.8. The highest BCUT2D eigenvalue weighted by molar-refractivity contribution is 6.34. The minimum Gasteiger partial charge on any atom is -0.496 e. The van der Waals surface area contributed by atoms with Gasteiger partial charge >= 0.3 is 5.97 Å². The lowest BCUT2D eigenvalue weighted by Gasteiger charge is -2.11. The molecule has 1 amide bonds. The van der Waals surface area contributed by atoms with E-state index in [0.29, 0.717) is 31.7 Å². The van der Waals surface area contributed by atoms with Gasteiger partial charge in [-0.05, 0) is 19.4 Å². The predicted molar refractivity (Wildman–Crippen MR) is 79.3 cm³/mol. The number of carboxylic acid groups (broad SMARTS) is 1. The van der Waals surface area contributed by atoms with E-state index in [1.165, 1.54) is 19.2 Å². The van der Waals surface area contributed by atoms with E-state index in [4.69, 9.17) is 26.2 Å². The molecule has 0 fully saturated rings. The highest BCUT2D eigenvalue weighted by Gasteiger charge is 2.16. The van der Waals surface area contributed by atoms with Gasteiger partial charge in [-0.2, -0.15) is 0 Å². The van der Waals surface area contributed by atoms with Gasteiger partial charge in [0.25, 0.3) is 0 Å². The van der Waals surface area contributed by atoms with Gasteiger partial charge in [0.15, 0.2) is 0 Å². The van der Waals surface area contributed by atoms with E-state index in [1.54, 1.807) is 0 Å². The molecule has 0 aliphatic heterocycles. The predicted octanol–water partition coefficient (Wildman–Crippen LogP) is 2.80. The van der Waals surface area contributed by atoms with Crippen LogP contribution in [0.1, 0.15) is 30.1 Å². The third kappa shape index (κ3) is 5.24. The van der Waals surface area contributed by atoms with Crippen LogP contribution in [0.4, 0.5) is 5.69 Å². The number of benzene rings is 1. The second-order valence-electron chi connectivity index (χ2n) is 4.19. The van der Waals surface area contributed by atoms with Crippen molar-refractivity contribution in [3.05, 3.63) is 22.7 Å². The van der Waals surface area contributed by atoms with E-state index in [1.807, 2.05) is 6.92 Å². The first-order chi connectivity index (χ1) is 9.99. The summed E-state index contributed by atoms with van der Waals surface area (Å²) in [6.45, 7) is 3.01. The quantitative estimate of drug-likeness (QED) is 0.721. The highest BCUT2D eigenvalue weighted by atomic mass is 35.5. The molecule has 6 nitrogen and oxygen atoms in total. The van der Waals surface area contributed by atoms with E-state index in [2.05, 4.69) is 5.32 Å². The number of carbonyl (C=O) groups is 2. The van der Waals surface area contributed by atoms with Gasteiger partial charge in [0.05, 0.1) is 17.8 Å². The van der Waals surface area contributed by atoms with Crippen LogP contribution in [0.2, 0.25) is 5.02 Å². The lowest BCUT2D eigenvalue weighted by atomic mass is 10.1. The van der Waals surface area contributed by atoms with Crippen molar-refractivity contribution in [3.8, 4) is 5.75 Å². The zero-order valence-corrected chi connectivity index (χ0v) is 12.7. The number of halogens is 1. The Kier molecular flexibility index (Phi) is 6.98. The number of methoxy groups -OCH3 is 1. The summed E-state index contributed by atoms with van der Waals surface area (Å²) >= 11 is 5.97. The minimum absolute atomic E-state index is 0.0585. The van der Waals surface area contributed by atoms with Gasteiger partial charge in [-0.25, -0.2) is 4.79 Å². The lowest BCUT2D eigenvalue weighted by Crippen LogP contribution is -2.13. The SMILES string of the molecule is CCOCCCC(=O)Nc1cc(OC)c(C(=O)O)cc1Cl. The largest absolute Gasteiger partial charge is 0.496 e. The van der Waals surface area contributed by atoms with Gasteiger partial charge in [-0.1, -0.05) is 11.6 Å². The van der Waals surface area contributed by atoms with Gasteiger partial charge in [0.2, 0.25) is 5.91 Å². The van der Waals surface area contributed by atoms with E-state index >= 15 is 0 Å². The topological polar surface area (TPSA) is 84.9 Å². The maximum atomic E-state index is 11.8. The number of hydrogen-bond acceptors (Lipinski definition) is 4. The average Bonchev–Trinajstić information content (AvgIpc) is 2.45. The number of carbonyl (C=O) groups excluding carboxylic acids is 1. The molecule has 0 bridgehead atoms. The second kappa shape index (κ2) is 8.49. The van der Waals surface area contributed by atoms with Crippen molar-refractivity contribution in [2.24, 2.45) is 0 Å². The molecule has 0 atom stereocenters. The summed E-state index contributed by atoms with van der Waals surface area (Å²) in [5.41, 5.74) is 0.261. The van der Waals surface area contributed by atoms with Crippen molar-refractivity contribution in [3.63, 3.8) is 0 Å². The zero-order valence-electron chi connectivity index (χ0n) is 11.9. The van der Waals surface area contributed by atoms with Crippen molar-refractivity contribution < 1.29 is 24.2 Å². The monoisotopic (exact) mass is 315 g/mol. The molecule has 2 N–H and O–H groups in total. The molecule has 0 radical (unpaired) electrons. The van der Waals surface area contributed by atoms with Crippen molar-refractivity contribution >= 4 is 29.2 Å². The van der Waals surface area contributed by atoms with Gasteiger partial charge in [-0.3, -0.25) is 4.79 Å². The molecule has 1 aromatic carbocycles. The van der Waals surface area contributed by atoms with Crippen molar-refractivity contribution in [2.45, 2.75) is 19.8 Å². The number of aromatic carboxylic acids is 1. The van der Waals surface area contributed by atoms with Crippen LogP contribution >= 0.6 is 11.6 Å². The molecule has 0 unspecified atom stereocenters. The van der Waals surface area contributed by atoms with Gasteiger partial charge in [-0.15, -0.1) is 0 Å². The molecule has 0 saturated heterocycles. The smallest absolute Gasteiger partial charge is 0.339 e. The van der Waals surface area contributed by atoms with Crippen LogP contribution in [-0.4, -0.2) is 37.3 Å². The van der Waals surface area contributed by atoms with Crippen LogP contribution in [-0.2, 0) is 9.53 Å². The molecule has 0 aliphatic rings. The fourth-order valence-corrected chi connectivity index (χ4v) is 1.89. The Balaban J connectivity index is 2.75. The molecule has 0 aromatic heterocycles. The Morgan fingerprint density at radius 1 is 1.38 bits per heavy atom. The summed E-state index contributed by atoms with van der Waals surface area (Å²) < 4.78 is 10.1. The molecule has 21 heavy (non-hydrogen) atoms. The molecular formula is C14H18ClNO5. The van der Waals surface area contributed by atoms with E-state index in [0.717, 1.165) is 0 Å². The summed E-state index contributed by atoms with van der Waals surface area (Å²) in [7, 11) is 1.35. The number of ether oxygens (including phenoxy) is 2. The molecule has 7 heteroatoms. The fourth-order valence-electron chi connectivity index (χ4n) is 1.68. The zero-order chi connectivity index (χ0) is 15.8. The Bertz CT molecular complexity index is 518. The van der Waals surface area contributed by atoms with Crippen LogP contribution in [0.25, 0.3) is 0 Å². The maximum Gasteiger partial charge on any atom is 0.339 e. The first-order valence-corrected chi connectivity index (χ1v) is 6.85. The number of amides is 1. The van der Waals surface area contributed by atoms with Gasteiger partial charge in [0, 0.05) is 25.7 Å². The van der Waals surface area contributed by atoms with E-state index in [9.17, 15) is 9.59 Å². The Hall–Kier alpha value is -1.79. The Morgan fingerprint density at radius 2 is 2.10 bits per heavy atom. The number of anilines is 1. The second-order valence-corrected chi connectivity index (χ2v) is 4.59. The van der Waals surface area contributed by atoms with Crippen LogP contribution in [0.5, 0.6) is 5.75 Å². The standard InChI is InChI=1S/C14H18ClNO5/c1-3-21-6-4-5-13(17)16-11-8-12(20-2)9(14(18)19)7-10(11)15/h7-8H,3-6H2,1-2H3,(H,16,17)(H,18,19). The summed E-state index contributed by atoms with van der Waals surface area (Å²) in [6, 6.07) is 2.64. The lowest BCUT2D eigenvalue weighted by molar-refractivity contribution is -0.116. The first-order valence-electron chi connectivity index (χ1n) is 6.48. The van der Waals surface area contributed by atoms with Gasteiger partial charge in [0.1, 0.15) is 11.3 Å². The van der Waals surface area contributed by atoms with E-state index in [-0.39, 0.29) is 22.2 Å². The summed E-state index contributed by atoms with van der Waals surface area (Å²) in [4.78, 5) is 22.8. The highest BCUT2D eigenvalue weighted by Crippen LogP contribution is 2.31. The molecule has 0 spiro atoms. The molecule has 116 valence electrons. The van der Waals surface area contributed by atoms with Crippen LogP contribution < -0.4 is 10.1 Å². The van der Waals surface area contributed by atoms with Crippen molar-refractivity contribution in [1.82, 2.24) is 0 Å². The molecule has 1 rings (SSSR count). The molecule has 0 saturated carbocycles. The molecule has 1 aromatic rings. The van der Waals surface area contributed by atoms with Crippen LogP contribution in [0, 0.1) is 0 Å². The molecular weight excluding hydrogens is 298 g/mol. The van der Waals surface area contributed by atoms with Crippen LogP contribution in [0.15, 0.2) is 12.1 Å². The number of nitrogens with one attached hydrogen (secondary N) is 1. The number of hydrogen-bond donors (Lipinski definition) is 2. The average molecular weight is 316 g/mol. The van der Waals surface area contributed by atoms with Crippen molar-refractivity contribution in [1.29, 1.82) is 0 Å². The van der Waals surface area contributed by atoms with Gasteiger partial charge < -0.3 is 19.9 Å². The van der Waals surface area contributed by atoms with E-state index < -0.39 is 5.97 Å². The Morgan fingerprint density at radius 3 is 2.67 bits per heavy atom. The third-order valence-electron chi connectivity index (χ3n) is 2.69. The normalized spacial score (nSPS) is 10.2. The summed E-state index contributed by atoms with van der Waals surface area (Å²) in [6.07, 6.45) is 0.890.